The maximum atomic E-state index is 13.2. The molecule has 2 aliphatic rings. The molecule has 1 fully saturated rings. The molecule has 0 spiro atoms. The highest BCUT2D eigenvalue weighted by Gasteiger charge is 2.55. The van der Waals surface area contributed by atoms with Gasteiger partial charge in [-0.3, -0.25) is 9.48 Å². The maximum Gasteiger partial charge on any atom is 0.282 e. The molecule has 4 rings (SSSR count). The Kier molecular flexibility index (Phi) is 3.27. The number of hydrogen-bond acceptors (Lipinski definition) is 2. The van der Waals surface area contributed by atoms with Crippen molar-refractivity contribution >= 4 is 5.91 Å². The topological polar surface area (TPSA) is 46.9 Å². The SMILES string of the molecule is CC1C2CCC1(NC(=O)c1cn(C)nc1C(F)F)c1ccccc12. The highest BCUT2D eigenvalue weighted by atomic mass is 19.3. The fourth-order valence-electron chi connectivity index (χ4n) is 4.59. The zero-order valence-corrected chi connectivity index (χ0v) is 13.6. The molecule has 0 radical (unpaired) electrons. The maximum absolute atomic E-state index is 13.2. The summed E-state index contributed by atoms with van der Waals surface area (Å²) in [4.78, 5) is 12.8. The number of amides is 1. The Labute approximate surface area is 138 Å². The smallest absolute Gasteiger partial charge is 0.282 e. The molecule has 1 aromatic heterocycles. The van der Waals surface area contributed by atoms with Crippen LogP contribution in [0.25, 0.3) is 0 Å². The van der Waals surface area contributed by atoms with E-state index in [-0.39, 0.29) is 11.5 Å². The first kappa shape index (κ1) is 15.3. The van der Waals surface area contributed by atoms with Crippen LogP contribution in [0.3, 0.4) is 0 Å². The third-order valence-corrected chi connectivity index (χ3v) is 5.72. The number of nitrogens with one attached hydrogen (secondary N) is 1. The van der Waals surface area contributed by atoms with E-state index in [9.17, 15) is 13.6 Å². The summed E-state index contributed by atoms with van der Waals surface area (Å²) in [6, 6.07) is 8.13. The number of fused-ring (bicyclic) bond motifs is 5. The normalized spacial score (nSPS) is 27.5. The lowest BCUT2D eigenvalue weighted by molar-refractivity contribution is 0.0865. The average molecular weight is 331 g/mol. The van der Waals surface area contributed by atoms with Crippen LogP contribution < -0.4 is 5.32 Å². The van der Waals surface area contributed by atoms with Gasteiger partial charge in [0.15, 0.2) is 0 Å². The van der Waals surface area contributed by atoms with Crippen molar-refractivity contribution < 1.29 is 13.6 Å². The van der Waals surface area contributed by atoms with Gasteiger partial charge in [-0.25, -0.2) is 8.78 Å². The lowest BCUT2D eigenvalue weighted by atomic mass is 9.84. The number of aryl methyl sites for hydroxylation is 1. The monoisotopic (exact) mass is 331 g/mol. The first-order valence-electron chi connectivity index (χ1n) is 8.17. The van der Waals surface area contributed by atoms with Gasteiger partial charge in [-0.15, -0.1) is 0 Å². The molecular formula is C18H19F2N3O. The molecule has 6 heteroatoms. The van der Waals surface area contributed by atoms with E-state index in [1.165, 1.54) is 16.4 Å². The molecule has 1 aromatic carbocycles. The molecule has 0 aliphatic heterocycles. The Morgan fingerprint density at radius 3 is 2.92 bits per heavy atom. The number of hydrogen-bond donors (Lipinski definition) is 1. The van der Waals surface area contributed by atoms with Gasteiger partial charge in [-0.1, -0.05) is 31.2 Å². The predicted octanol–water partition coefficient (Wildman–Crippen LogP) is 3.51. The molecular weight excluding hydrogens is 312 g/mol. The molecule has 3 atom stereocenters. The lowest BCUT2D eigenvalue weighted by Gasteiger charge is -2.33. The summed E-state index contributed by atoms with van der Waals surface area (Å²) in [6.07, 6.45) is 0.443. The Morgan fingerprint density at radius 1 is 1.42 bits per heavy atom. The van der Waals surface area contributed by atoms with Crippen LogP contribution >= 0.6 is 0 Å². The zero-order chi connectivity index (χ0) is 17.1. The minimum atomic E-state index is -2.77. The third kappa shape index (κ3) is 1.95. The van der Waals surface area contributed by atoms with E-state index in [0.717, 1.165) is 18.4 Å². The number of rotatable bonds is 3. The van der Waals surface area contributed by atoms with Crippen LogP contribution in [0, 0.1) is 5.92 Å². The fourth-order valence-corrected chi connectivity index (χ4v) is 4.59. The van der Waals surface area contributed by atoms with Crippen LogP contribution in [0.15, 0.2) is 30.5 Å². The summed E-state index contributed by atoms with van der Waals surface area (Å²) < 4.78 is 27.6. The molecule has 2 bridgehead atoms. The molecule has 2 aromatic rings. The Morgan fingerprint density at radius 2 is 2.17 bits per heavy atom. The molecule has 2 aliphatic carbocycles. The third-order valence-electron chi connectivity index (χ3n) is 5.72. The molecule has 1 N–H and O–H groups in total. The van der Waals surface area contributed by atoms with Crippen LogP contribution in [0.2, 0.25) is 0 Å². The number of carbonyl (C=O) groups is 1. The van der Waals surface area contributed by atoms with E-state index in [2.05, 4.69) is 23.4 Å². The van der Waals surface area contributed by atoms with E-state index < -0.39 is 23.6 Å². The second kappa shape index (κ2) is 5.13. The molecule has 24 heavy (non-hydrogen) atoms. The van der Waals surface area contributed by atoms with Crippen LogP contribution in [0.5, 0.6) is 0 Å². The summed E-state index contributed by atoms with van der Waals surface area (Å²) >= 11 is 0. The lowest BCUT2D eigenvalue weighted by Crippen LogP contribution is -2.46. The molecule has 4 nitrogen and oxygen atoms in total. The second-order valence-corrected chi connectivity index (χ2v) is 6.85. The molecule has 1 saturated carbocycles. The van der Waals surface area contributed by atoms with Crippen LogP contribution in [0.4, 0.5) is 8.78 Å². The minimum absolute atomic E-state index is 0.0399. The molecule has 3 unspecified atom stereocenters. The van der Waals surface area contributed by atoms with Crippen molar-refractivity contribution in [1.82, 2.24) is 15.1 Å². The molecule has 1 heterocycles. The minimum Gasteiger partial charge on any atom is -0.342 e. The zero-order valence-electron chi connectivity index (χ0n) is 13.6. The standard InChI is InChI=1S/C18H19F2N3O/c1-10-11-7-8-18(10,14-6-4-3-5-12(11)14)21-17(24)13-9-23(2)22-15(13)16(19)20/h3-6,9-11,16H,7-8H2,1-2H3,(H,21,24). The highest BCUT2D eigenvalue weighted by Crippen LogP contribution is 2.59. The first-order valence-corrected chi connectivity index (χ1v) is 8.17. The number of benzene rings is 1. The highest BCUT2D eigenvalue weighted by molar-refractivity contribution is 5.96. The van der Waals surface area contributed by atoms with Gasteiger partial charge >= 0.3 is 0 Å². The summed E-state index contributed by atoms with van der Waals surface area (Å²) in [5.74, 6) is 0.207. The Bertz CT molecular complexity index is 816. The van der Waals surface area contributed by atoms with Crippen molar-refractivity contribution in [3.63, 3.8) is 0 Å². The van der Waals surface area contributed by atoms with Gasteiger partial charge in [0.1, 0.15) is 5.69 Å². The number of nitrogens with zero attached hydrogens (tertiary/aromatic N) is 2. The van der Waals surface area contributed by atoms with Crippen LogP contribution in [-0.4, -0.2) is 15.7 Å². The van der Waals surface area contributed by atoms with Gasteiger partial charge in [-0.2, -0.15) is 5.10 Å². The summed E-state index contributed by atoms with van der Waals surface area (Å²) in [5, 5.41) is 6.82. The van der Waals surface area contributed by atoms with E-state index in [1.54, 1.807) is 7.05 Å². The molecule has 126 valence electrons. The quantitative estimate of drug-likeness (QED) is 0.935. The van der Waals surface area contributed by atoms with Gasteiger partial charge in [0, 0.05) is 13.2 Å². The van der Waals surface area contributed by atoms with Gasteiger partial charge in [-0.05, 0) is 35.8 Å². The summed E-state index contributed by atoms with van der Waals surface area (Å²) in [6.45, 7) is 2.13. The van der Waals surface area contributed by atoms with Crippen molar-refractivity contribution in [3.05, 3.63) is 52.8 Å². The van der Waals surface area contributed by atoms with E-state index in [0.29, 0.717) is 5.92 Å². The predicted molar refractivity (Wildman–Crippen MR) is 84.9 cm³/mol. The van der Waals surface area contributed by atoms with Crippen molar-refractivity contribution in [2.75, 3.05) is 0 Å². The van der Waals surface area contributed by atoms with Crippen molar-refractivity contribution in [1.29, 1.82) is 0 Å². The summed E-state index contributed by atoms with van der Waals surface area (Å²) in [7, 11) is 1.54. The van der Waals surface area contributed by atoms with Gasteiger partial charge in [0.05, 0.1) is 11.1 Å². The van der Waals surface area contributed by atoms with E-state index in [1.807, 2.05) is 18.2 Å². The number of halogens is 2. The van der Waals surface area contributed by atoms with E-state index in [4.69, 9.17) is 0 Å². The first-order chi connectivity index (χ1) is 11.4. The Hall–Kier alpha value is -2.24. The van der Waals surface area contributed by atoms with Crippen molar-refractivity contribution in [2.45, 2.75) is 37.6 Å². The van der Waals surface area contributed by atoms with E-state index >= 15 is 0 Å². The van der Waals surface area contributed by atoms with Gasteiger partial charge < -0.3 is 5.32 Å². The number of aromatic nitrogens is 2. The average Bonchev–Trinajstić information content (AvgIpc) is 3.16. The van der Waals surface area contributed by atoms with Crippen LogP contribution in [-0.2, 0) is 12.6 Å². The van der Waals surface area contributed by atoms with Crippen LogP contribution in [0.1, 0.15) is 59.3 Å². The van der Waals surface area contributed by atoms with Crippen molar-refractivity contribution in [2.24, 2.45) is 13.0 Å². The second-order valence-electron chi connectivity index (χ2n) is 6.85. The number of carbonyl (C=O) groups excluding carboxylic acids is 1. The van der Waals surface area contributed by atoms with Gasteiger partial charge in [0.25, 0.3) is 12.3 Å². The largest absolute Gasteiger partial charge is 0.342 e. The molecule has 1 amide bonds. The summed E-state index contributed by atoms with van der Waals surface area (Å²) in [5.41, 5.74) is 1.44. The molecule has 0 saturated heterocycles. The van der Waals surface area contributed by atoms with Crippen molar-refractivity contribution in [3.8, 4) is 0 Å². The van der Waals surface area contributed by atoms with Gasteiger partial charge in [0.2, 0.25) is 0 Å². The fraction of sp³-hybridized carbons (Fsp3) is 0.444. The number of alkyl halides is 2. The Balaban J connectivity index is 1.72.